The van der Waals surface area contributed by atoms with Gasteiger partial charge < -0.3 is 29.2 Å². The third-order valence-electron chi connectivity index (χ3n) is 10.8. The average molecular weight is 760 g/mol. The molecule has 1 aromatic carbocycles. The van der Waals surface area contributed by atoms with Crippen molar-refractivity contribution in [3.05, 3.63) is 58.2 Å². The molecule has 0 saturated carbocycles. The number of thiazole rings is 1. The number of esters is 1. The zero-order valence-electron chi connectivity index (χ0n) is 32.0. The first kappa shape index (κ1) is 38.5. The molecule has 3 aliphatic heterocycles. The standard InChI is InChI=1S/C40H53N7O6S/c1-6-46-32-12-11-26-21-28(32)29(35(46)27-9-7-13-42-34(27)25(2)50-5)22-40(3,4)24-53-39(49)30-10-8-14-47(44-30)38(48)33(41)36(37-43-31(26)23-54-37)52-20-17-45-15-18-51-19-16-45/h7,9,11-13,21,23,25,30,33,36,44H,6,8,10,14-20,22,24,41H2,1-5H3/t25-,30-,33-,36?/m0/s1. The van der Waals surface area contributed by atoms with Crippen molar-refractivity contribution in [1.29, 1.82) is 0 Å². The predicted octanol–water partition coefficient (Wildman–Crippen LogP) is 4.89. The maximum absolute atomic E-state index is 14.0. The minimum atomic E-state index is -1.05. The van der Waals surface area contributed by atoms with E-state index >= 15 is 0 Å². The summed E-state index contributed by atoms with van der Waals surface area (Å²) in [7, 11) is 1.70. The number of nitrogens with one attached hydrogen (secondary N) is 1. The van der Waals surface area contributed by atoms with Crippen LogP contribution in [0.2, 0.25) is 0 Å². The Hall–Kier alpha value is -3.76. The number of nitrogens with two attached hydrogens (primary N) is 1. The summed E-state index contributed by atoms with van der Waals surface area (Å²) in [4.78, 5) is 39.8. The molecule has 4 atom stereocenters. The summed E-state index contributed by atoms with van der Waals surface area (Å²) in [5.74, 6) is -0.737. The molecule has 13 nitrogen and oxygen atoms in total. The Labute approximate surface area is 321 Å². The van der Waals surface area contributed by atoms with Gasteiger partial charge in [0.15, 0.2) is 0 Å². The monoisotopic (exact) mass is 759 g/mol. The van der Waals surface area contributed by atoms with Crippen LogP contribution in [0.1, 0.15) is 69.0 Å². The lowest BCUT2D eigenvalue weighted by Gasteiger charge is -2.36. The molecule has 1 amide bonds. The number of hydrazine groups is 1. The highest BCUT2D eigenvalue weighted by Gasteiger charge is 2.38. The molecule has 3 N–H and O–H groups in total. The Morgan fingerprint density at radius 1 is 1.17 bits per heavy atom. The van der Waals surface area contributed by atoms with E-state index in [1.54, 1.807) is 7.11 Å². The van der Waals surface area contributed by atoms with Crippen molar-refractivity contribution in [2.45, 2.75) is 77.8 Å². The molecule has 3 aliphatic rings. The van der Waals surface area contributed by atoms with Crippen LogP contribution in [0.3, 0.4) is 0 Å². The van der Waals surface area contributed by atoms with Gasteiger partial charge in [-0.15, -0.1) is 11.3 Å². The van der Waals surface area contributed by atoms with Crippen LogP contribution in [-0.4, -0.2) is 108 Å². The first-order chi connectivity index (χ1) is 26.1. The van der Waals surface area contributed by atoms with Crippen LogP contribution in [0.4, 0.5) is 0 Å². The Morgan fingerprint density at radius 3 is 2.76 bits per heavy atom. The van der Waals surface area contributed by atoms with Crippen molar-refractivity contribution < 1.29 is 28.5 Å². The Kier molecular flexibility index (Phi) is 11.8. The summed E-state index contributed by atoms with van der Waals surface area (Å²) < 4.78 is 26.2. The van der Waals surface area contributed by atoms with E-state index in [0.29, 0.717) is 57.2 Å². The largest absolute Gasteiger partial charge is 0.464 e. The summed E-state index contributed by atoms with van der Waals surface area (Å²) in [6.45, 7) is 13.8. The third kappa shape index (κ3) is 7.97. The number of hydrogen-bond donors (Lipinski definition) is 2. The zero-order valence-corrected chi connectivity index (χ0v) is 32.8. The summed E-state index contributed by atoms with van der Waals surface area (Å²) >= 11 is 1.44. The number of ether oxygens (including phenoxy) is 4. The van der Waals surface area contributed by atoms with Gasteiger partial charge in [-0.2, -0.15) is 0 Å². The molecule has 2 saturated heterocycles. The number of aromatic nitrogens is 3. The van der Waals surface area contributed by atoms with Crippen molar-refractivity contribution >= 4 is 34.1 Å². The van der Waals surface area contributed by atoms with Crippen LogP contribution in [0.5, 0.6) is 0 Å². The second kappa shape index (κ2) is 16.5. The molecule has 0 spiro atoms. The topological polar surface area (TPSA) is 146 Å². The number of nitrogens with zero attached hydrogens (tertiary/aromatic N) is 5. The van der Waals surface area contributed by atoms with Gasteiger partial charge in [-0.1, -0.05) is 19.9 Å². The van der Waals surface area contributed by atoms with E-state index in [1.807, 2.05) is 24.6 Å². The summed E-state index contributed by atoms with van der Waals surface area (Å²) in [5.41, 5.74) is 16.4. The third-order valence-corrected chi connectivity index (χ3v) is 11.7. The lowest BCUT2D eigenvalue weighted by Crippen LogP contribution is -2.60. The van der Waals surface area contributed by atoms with Crippen molar-refractivity contribution in [3.8, 4) is 22.5 Å². The lowest BCUT2D eigenvalue weighted by molar-refractivity contribution is -0.155. The summed E-state index contributed by atoms with van der Waals surface area (Å²) in [5, 5.41) is 5.20. The van der Waals surface area contributed by atoms with Gasteiger partial charge in [0.25, 0.3) is 5.91 Å². The Bertz CT molecular complexity index is 1960. The van der Waals surface area contributed by atoms with Gasteiger partial charge in [-0.05, 0) is 62.9 Å². The van der Waals surface area contributed by atoms with Gasteiger partial charge in [0.2, 0.25) is 0 Å². The van der Waals surface area contributed by atoms with E-state index in [1.165, 1.54) is 16.3 Å². The number of cyclic esters (lactones) is 1. The number of benzene rings is 1. The normalized spacial score (nSPS) is 23.3. The first-order valence-electron chi connectivity index (χ1n) is 19.1. The predicted molar refractivity (Wildman–Crippen MR) is 208 cm³/mol. The van der Waals surface area contributed by atoms with Gasteiger partial charge in [0.1, 0.15) is 23.2 Å². The molecule has 2 fully saturated rings. The van der Waals surface area contributed by atoms with Crippen molar-refractivity contribution in [2.24, 2.45) is 11.1 Å². The van der Waals surface area contributed by atoms with E-state index in [4.69, 9.17) is 34.6 Å². The van der Waals surface area contributed by atoms with Gasteiger partial charge in [0, 0.05) is 78.9 Å². The number of carbonyl (C=O) groups excluding carboxylic acids is 2. The average Bonchev–Trinajstić information content (AvgIpc) is 3.80. The van der Waals surface area contributed by atoms with E-state index in [2.05, 4.69) is 59.9 Å². The number of morpholine rings is 1. The smallest absolute Gasteiger partial charge is 0.324 e. The van der Waals surface area contributed by atoms with Gasteiger partial charge in [0.05, 0.1) is 49.6 Å². The molecule has 3 aromatic heterocycles. The highest BCUT2D eigenvalue weighted by molar-refractivity contribution is 7.10. The van der Waals surface area contributed by atoms with Crippen molar-refractivity contribution in [2.75, 3.05) is 59.7 Å². The first-order valence-corrected chi connectivity index (χ1v) is 20.0. The maximum atomic E-state index is 14.0. The van der Waals surface area contributed by atoms with Crippen LogP contribution < -0.4 is 11.2 Å². The molecule has 0 radical (unpaired) electrons. The zero-order chi connectivity index (χ0) is 38.0. The highest BCUT2D eigenvalue weighted by atomic mass is 32.1. The quantitative estimate of drug-likeness (QED) is 0.237. The molecule has 290 valence electrons. The summed E-state index contributed by atoms with van der Waals surface area (Å²) in [6, 6.07) is 8.83. The van der Waals surface area contributed by atoms with Crippen LogP contribution in [0, 0.1) is 5.41 Å². The molecular weight excluding hydrogens is 707 g/mol. The van der Waals surface area contributed by atoms with Gasteiger partial charge >= 0.3 is 5.97 Å². The molecule has 54 heavy (non-hydrogen) atoms. The van der Waals surface area contributed by atoms with Gasteiger partial charge in [-0.25, -0.2) is 10.4 Å². The van der Waals surface area contributed by atoms with E-state index in [0.717, 1.165) is 64.3 Å². The fourth-order valence-electron chi connectivity index (χ4n) is 7.79. The molecule has 7 rings (SSSR count). The number of pyridine rings is 1. The Balaban J connectivity index is 1.34. The van der Waals surface area contributed by atoms with Crippen LogP contribution in [0.25, 0.3) is 33.4 Å². The molecule has 14 heteroatoms. The van der Waals surface area contributed by atoms with E-state index < -0.39 is 23.6 Å². The fourth-order valence-corrected chi connectivity index (χ4v) is 8.71. The van der Waals surface area contributed by atoms with Gasteiger partial charge in [-0.3, -0.25) is 24.5 Å². The van der Waals surface area contributed by atoms with Crippen molar-refractivity contribution in [3.63, 3.8) is 0 Å². The van der Waals surface area contributed by atoms with Crippen LogP contribution in [-0.2, 0) is 41.5 Å². The number of aryl methyl sites for hydroxylation is 1. The maximum Gasteiger partial charge on any atom is 0.324 e. The molecule has 6 bridgehead atoms. The number of methoxy groups -OCH3 is 1. The lowest BCUT2D eigenvalue weighted by atomic mass is 9.84. The number of hydrogen-bond acceptors (Lipinski definition) is 12. The minimum absolute atomic E-state index is 0.193. The van der Waals surface area contributed by atoms with Crippen LogP contribution >= 0.6 is 11.3 Å². The van der Waals surface area contributed by atoms with Crippen LogP contribution in [0.15, 0.2) is 41.9 Å². The van der Waals surface area contributed by atoms with E-state index in [-0.39, 0.29) is 24.6 Å². The number of rotatable bonds is 8. The fraction of sp³-hybridized carbons (Fsp3) is 0.550. The molecule has 4 aromatic rings. The molecular formula is C40H53N7O6S. The molecule has 6 heterocycles. The van der Waals surface area contributed by atoms with E-state index in [9.17, 15) is 9.59 Å². The minimum Gasteiger partial charge on any atom is -0.464 e. The number of carbonyl (C=O) groups is 2. The second-order valence-corrected chi connectivity index (χ2v) is 16.1. The highest BCUT2D eigenvalue weighted by Crippen LogP contribution is 2.42. The Morgan fingerprint density at radius 2 is 1.98 bits per heavy atom. The van der Waals surface area contributed by atoms with Crippen molar-refractivity contribution in [1.82, 2.24) is 29.9 Å². The molecule has 0 aliphatic carbocycles. The second-order valence-electron chi connectivity index (χ2n) is 15.2. The number of amides is 1. The number of fused-ring (bicyclic) bond motifs is 6. The summed E-state index contributed by atoms with van der Waals surface area (Å²) in [6.07, 6.45) is 2.60. The SMILES string of the molecule is CCn1c(-c2cccnc2[C@H](C)OC)c2c3cc(ccc31)-c1csc(n1)C(OCCN1CCOCC1)[C@H](N)C(=O)N1CCC[C@H](N1)C(=O)OCC(C)(C)C2. The molecule has 1 unspecified atom stereocenters.